The predicted octanol–water partition coefficient (Wildman–Crippen LogP) is 1.39. The Morgan fingerprint density at radius 2 is 2.05 bits per heavy atom. The van der Waals surface area contributed by atoms with Gasteiger partial charge >= 0.3 is 0 Å². The molecule has 1 aromatic carbocycles. The number of carbonyl (C=O) groups is 1. The van der Waals surface area contributed by atoms with Crippen LogP contribution in [0.3, 0.4) is 0 Å². The molecule has 8 nitrogen and oxygen atoms in total. The maximum Gasteiger partial charge on any atom is 0.248 e. The standard InChI is InChI=1S/C13H13N7OS/c1-2-11-15-17-13(22-11)14-10(21)8-20-12(16-18-19-20)9-6-4-3-5-7-9/h3-7H,2,8H2,1H3,(H,14,17,21). The first-order valence-electron chi connectivity index (χ1n) is 6.70. The fourth-order valence-corrected chi connectivity index (χ4v) is 2.54. The van der Waals surface area contributed by atoms with Crippen LogP contribution in [0.15, 0.2) is 30.3 Å². The number of amides is 1. The fourth-order valence-electron chi connectivity index (χ4n) is 1.85. The van der Waals surface area contributed by atoms with Crippen LogP contribution in [0.5, 0.6) is 0 Å². The van der Waals surface area contributed by atoms with Crippen molar-refractivity contribution in [1.29, 1.82) is 0 Å². The minimum Gasteiger partial charge on any atom is -0.299 e. The highest BCUT2D eigenvalue weighted by Gasteiger charge is 2.13. The molecule has 3 aromatic rings. The molecular formula is C13H13N7OS. The number of nitrogens with zero attached hydrogens (tertiary/aromatic N) is 6. The summed E-state index contributed by atoms with van der Waals surface area (Å²) < 4.78 is 1.45. The highest BCUT2D eigenvalue weighted by atomic mass is 32.1. The maximum absolute atomic E-state index is 12.1. The van der Waals surface area contributed by atoms with Crippen LogP contribution < -0.4 is 5.32 Å². The molecule has 0 bridgehead atoms. The first kappa shape index (κ1) is 14.3. The molecule has 9 heteroatoms. The van der Waals surface area contributed by atoms with Crippen LogP contribution in [-0.4, -0.2) is 36.3 Å². The Kier molecular flexibility index (Phi) is 4.15. The van der Waals surface area contributed by atoms with Crippen LogP contribution >= 0.6 is 11.3 Å². The van der Waals surface area contributed by atoms with Gasteiger partial charge in [0.2, 0.25) is 11.0 Å². The summed E-state index contributed by atoms with van der Waals surface area (Å²) in [5, 5.41) is 23.4. The molecule has 0 fully saturated rings. The number of anilines is 1. The van der Waals surface area contributed by atoms with Gasteiger partial charge in [-0.3, -0.25) is 10.1 Å². The SMILES string of the molecule is CCc1nnc(NC(=O)Cn2nnnc2-c2ccccc2)s1. The smallest absolute Gasteiger partial charge is 0.248 e. The molecule has 0 radical (unpaired) electrons. The maximum atomic E-state index is 12.1. The zero-order chi connectivity index (χ0) is 15.4. The Bertz CT molecular complexity index is 768. The number of nitrogens with one attached hydrogen (secondary N) is 1. The van der Waals surface area contributed by atoms with E-state index in [1.54, 1.807) is 0 Å². The van der Waals surface area contributed by atoms with E-state index in [1.165, 1.54) is 16.0 Å². The number of hydrogen-bond acceptors (Lipinski definition) is 7. The molecule has 1 amide bonds. The summed E-state index contributed by atoms with van der Waals surface area (Å²) in [6.45, 7) is 2.00. The molecule has 1 N–H and O–H groups in total. The molecule has 22 heavy (non-hydrogen) atoms. The number of benzene rings is 1. The zero-order valence-corrected chi connectivity index (χ0v) is 12.6. The monoisotopic (exact) mass is 315 g/mol. The topological polar surface area (TPSA) is 98.5 Å². The van der Waals surface area contributed by atoms with Gasteiger partial charge in [-0.2, -0.15) is 0 Å². The lowest BCUT2D eigenvalue weighted by Crippen LogP contribution is -2.20. The summed E-state index contributed by atoms with van der Waals surface area (Å²) in [6.07, 6.45) is 0.790. The van der Waals surface area contributed by atoms with Crippen molar-refractivity contribution in [3.05, 3.63) is 35.3 Å². The highest BCUT2D eigenvalue weighted by molar-refractivity contribution is 7.15. The molecule has 0 aliphatic rings. The van der Waals surface area contributed by atoms with E-state index in [4.69, 9.17) is 0 Å². The molecule has 2 heterocycles. The van der Waals surface area contributed by atoms with E-state index >= 15 is 0 Å². The van der Waals surface area contributed by atoms with E-state index < -0.39 is 0 Å². The summed E-state index contributed by atoms with van der Waals surface area (Å²) in [7, 11) is 0. The van der Waals surface area contributed by atoms with E-state index in [0.29, 0.717) is 11.0 Å². The van der Waals surface area contributed by atoms with Gasteiger partial charge in [0.15, 0.2) is 5.82 Å². The van der Waals surface area contributed by atoms with E-state index in [2.05, 4.69) is 31.0 Å². The largest absolute Gasteiger partial charge is 0.299 e. The summed E-state index contributed by atoms with van der Waals surface area (Å²) in [6, 6.07) is 9.46. The third kappa shape index (κ3) is 3.14. The Labute approximate surface area is 130 Å². The van der Waals surface area contributed by atoms with Crippen LogP contribution in [0.1, 0.15) is 11.9 Å². The molecular weight excluding hydrogens is 302 g/mol. The normalized spacial score (nSPS) is 10.6. The number of aryl methyl sites for hydroxylation is 1. The van der Waals surface area contributed by atoms with Gasteiger partial charge in [-0.1, -0.05) is 48.6 Å². The first-order chi connectivity index (χ1) is 10.8. The zero-order valence-electron chi connectivity index (χ0n) is 11.8. The second-order valence-electron chi connectivity index (χ2n) is 4.43. The predicted molar refractivity (Wildman–Crippen MR) is 81.2 cm³/mol. The summed E-state index contributed by atoms with van der Waals surface area (Å²) >= 11 is 1.36. The van der Waals surface area contributed by atoms with Crippen LogP contribution in [0.25, 0.3) is 11.4 Å². The van der Waals surface area contributed by atoms with Crippen LogP contribution in [-0.2, 0) is 17.8 Å². The van der Waals surface area contributed by atoms with Crippen LogP contribution in [0.2, 0.25) is 0 Å². The summed E-state index contributed by atoms with van der Waals surface area (Å²) in [5.41, 5.74) is 0.851. The van der Waals surface area contributed by atoms with E-state index in [0.717, 1.165) is 17.0 Å². The van der Waals surface area contributed by atoms with Gasteiger partial charge in [0.05, 0.1) is 0 Å². The number of rotatable bonds is 5. The van der Waals surface area contributed by atoms with Gasteiger partial charge < -0.3 is 0 Å². The third-order valence-corrected chi connectivity index (χ3v) is 3.86. The van der Waals surface area contributed by atoms with Crippen molar-refractivity contribution >= 4 is 22.4 Å². The van der Waals surface area contributed by atoms with Crippen molar-refractivity contribution in [3.8, 4) is 11.4 Å². The lowest BCUT2D eigenvalue weighted by Gasteiger charge is -2.04. The number of tetrazole rings is 1. The van der Waals surface area contributed by atoms with Gasteiger partial charge in [0.1, 0.15) is 11.6 Å². The van der Waals surface area contributed by atoms with Gasteiger partial charge in [-0.05, 0) is 16.8 Å². The minimum absolute atomic E-state index is 0.0122. The molecule has 0 aliphatic carbocycles. The first-order valence-corrected chi connectivity index (χ1v) is 7.51. The molecule has 0 saturated carbocycles. The highest BCUT2D eigenvalue weighted by Crippen LogP contribution is 2.17. The Morgan fingerprint density at radius 1 is 1.23 bits per heavy atom. The summed E-state index contributed by atoms with van der Waals surface area (Å²) in [4.78, 5) is 12.1. The van der Waals surface area contributed by atoms with Crippen molar-refractivity contribution in [2.45, 2.75) is 19.9 Å². The van der Waals surface area contributed by atoms with Crippen molar-refractivity contribution in [3.63, 3.8) is 0 Å². The second kappa shape index (κ2) is 6.39. The average molecular weight is 315 g/mol. The van der Waals surface area contributed by atoms with Crippen molar-refractivity contribution in [2.75, 3.05) is 5.32 Å². The molecule has 112 valence electrons. The number of aromatic nitrogens is 6. The number of hydrogen-bond donors (Lipinski definition) is 1. The molecule has 0 saturated heterocycles. The van der Waals surface area contributed by atoms with Gasteiger partial charge in [-0.15, -0.1) is 15.3 Å². The third-order valence-electron chi connectivity index (χ3n) is 2.87. The Hall–Kier alpha value is -2.68. The second-order valence-corrected chi connectivity index (χ2v) is 5.49. The van der Waals surface area contributed by atoms with Gasteiger partial charge in [-0.25, -0.2) is 4.68 Å². The average Bonchev–Trinajstić information content (AvgIpc) is 3.17. The van der Waals surface area contributed by atoms with E-state index in [-0.39, 0.29) is 12.5 Å². The van der Waals surface area contributed by atoms with Crippen LogP contribution in [0, 0.1) is 0 Å². The van der Waals surface area contributed by atoms with Gasteiger partial charge in [0, 0.05) is 5.56 Å². The summed E-state index contributed by atoms with van der Waals surface area (Å²) in [5.74, 6) is 0.297. The van der Waals surface area contributed by atoms with Crippen molar-refractivity contribution in [2.24, 2.45) is 0 Å². The molecule has 0 atom stereocenters. The Balaban J connectivity index is 1.71. The molecule has 3 rings (SSSR count). The van der Waals surface area contributed by atoms with Gasteiger partial charge in [0.25, 0.3) is 0 Å². The van der Waals surface area contributed by atoms with E-state index in [9.17, 15) is 4.79 Å². The van der Waals surface area contributed by atoms with Crippen molar-refractivity contribution in [1.82, 2.24) is 30.4 Å². The van der Waals surface area contributed by atoms with E-state index in [1.807, 2.05) is 37.3 Å². The minimum atomic E-state index is -0.247. The lowest BCUT2D eigenvalue weighted by atomic mass is 10.2. The van der Waals surface area contributed by atoms with Crippen LogP contribution in [0.4, 0.5) is 5.13 Å². The lowest BCUT2D eigenvalue weighted by molar-refractivity contribution is -0.116. The molecule has 0 unspecified atom stereocenters. The van der Waals surface area contributed by atoms with Crippen molar-refractivity contribution < 1.29 is 4.79 Å². The number of carbonyl (C=O) groups excluding carboxylic acids is 1. The molecule has 0 spiro atoms. The quantitative estimate of drug-likeness (QED) is 0.764. The molecule has 0 aliphatic heterocycles. The Morgan fingerprint density at radius 3 is 2.77 bits per heavy atom. The fraction of sp³-hybridized carbons (Fsp3) is 0.231. The molecule has 2 aromatic heterocycles.